The normalized spacial score (nSPS) is 11.7. The molecule has 0 unspecified atom stereocenters. The van der Waals surface area contributed by atoms with Crippen LogP contribution in [0.5, 0.6) is 0 Å². The first-order valence-electron chi connectivity index (χ1n) is 7.01. The van der Waals surface area contributed by atoms with Gasteiger partial charge in [-0.15, -0.1) is 0 Å². The lowest BCUT2D eigenvalue weighted by atomic mass is 10.0. The van der Waals surface area contributed by atoms with Crippen LogP contribution in [0.3, 0.4) is 0 Å². The van der Waals surface area contributed by atoms with Gasteiger partial charge in [-0.05, 0) is 29.2 Å². The third kappa shape index (κ3) is 3.75. The lowest BCUT2D eigenvalue weighted by Gasteiger charge is -2.12. The van der Waals surface area contributed by atoms with Gasteiger partial charge in [0.2, 0.25) is 0 Å². The Hall–Kier alpha value is -2.49. The molecule has 0 aliphatic rings. The Morgan fingerprint density at radius 1 is 1.19 bits per heavy atom. The molecule has 4 nitrogen and oxygen atoms in total. The van der Waals surface area contributed by atoms with Crippen LogP contribution < -0.4 is 11.1 Å². The Kier molecular flexibility index (Phi) is 4.82. The minimum absolute atomic E-state index is 0.128. The van der Waals surface area contributed by atoms with Crippen molar-refractivity contribution in [2.75, 3.05) is 5.32 Å². The SMILES string of the molecule is CC(C)c1cccc(NCc2ccccc2C(N)=NO)c1. The quantitative estimate of drug-likeness (QED) is 0.340. The molecule has 4 N–H and O–H groups in total. The van der Waals surface area contributed by atoms with E-state index in [1.54, 1.807) is 0 Å². The van der Waals surface area contributed by atoms with E-state index in [0.29, 0.717) is 12.5 Å². The minimum atomic E-state index is 0.128. The van der Waals surface area contributed by atoms with Gasteiger partial charge in [-0.1, -0.05) is 55.4 Å². The van der Waals surface area contributed by atoms with Crippen molar-refractivity contribution in [3.05, 3.63) is 65.2 Å². The van der Waals surface area contributed by atoms with Gasteiger partial charge >= 0.3 is 0 Å². The smallest absolute Gasteiger partial charge is 0.170 e. The Morgan fingerprint density at radius 2 is 1.95 bits per heavy atom. The maximum atomic E-state index is 8.84. The van der Waals surface area contributed by atoms with E-state index in [4.69, 9.17) is 10.9 Å². The van der Waals surface area contributed by atoms with Crippen molar-refractivity contribution >= 4 is 11.5 Å². The zero-order valence-electron chi connectivity index (χ0n) is 12.4. The lowest BCUT2D eigenvalue weighted by Crippen LogP contribution is -2.16. The lowest BCUT2D eigenvalue weighted by molar-refractivity contribution is 0.318. The van der Waals surface area contributed by atoms with Crippen molar-refractivity contribution in [2.45, 2.75) is 26.3 Å². The van der Waals surface area contributed by atoms with Gasteiger partial charge in [0.15, 0.2) is 5.84 Å². The molecule has 0 radical (unpaired) electrons. The van der Waals surface area contributed by atoms with Crippen LogP contribution in [0.2, 0.25) is 0 Å². The minimum Gasteiger partial charge on any atom is -0.409 e. The Labute approximate surface area is 125 Å². The largest absolute Gasteiger partial charge is 0.409 e. The van der Waals surface area contributed by atoms with Gasteiger partial charge in [-0.3, -0.25) is 0 Å². The van der Waals surface area contributed by atoms with Crippen molar-refractivity contribution in [3.63, 3.8) is 0 Å². The first-order valence-corrected chi connectivity index (χ1v) is 7.01. The van der Waals surface area contributed by atoms with Gasteiger partial charge in [0, 0.05) is 17.8 Å². The van der Waals surface area contributed by atoms with E-state index < -0.39 is 0 Å². The molecule has 0 heterocycles. The van der Waals surface area contributed by atoms with Gasteiger partial charge in [0.05, 0.1) is 0 Å². The van der Waals surface area contributed by atoms with Crippen LogP contribution in [0.15, 0.2) is 53.7 Å². The summed E-state index contributed by atoms with van der Waals surface area (Å²) in [4.78, 5) is 0. The summed E-state index contributed by atoms with van der Waals surface area (Å²) in [6.45, 7) is 4.97. The number of nitrogens with zero attached hydrogens (tertiary/aromatic N) is 1. The molecular formula is C17H21N3O. The average molecular weight is 283 g/mol. The third-order valence-corrected chi connectivity index (χ3v) is 3.44. The van der Waals surface area contributed by atoms with Crippen LogP contribution in [0, 0.1) is 0 Å². The highest BCUT2D eigenvalue weighted by atomic mass is 16.4. The number of benzene rings is 2. The van der Waals surface area contributed by atoms with Crippen molar-refractivity contribution in [1.29, 1.82) is 0 Å². The zero-order valence-corrected chi connectivity index (χ0v) is 12.4. The van der Waals surface area contributed by atoms with E-state index in [9.17, 15) is 0 Å². The number of hydrogen-bond donors (Lipinski definition) is 3. The summed E-state index contributed by atoms with van der Waals surface area (Å²) >= 11 is 0. The van der Waals surface area contributed by atoms with Crippen LogP contribution >= 0.6 is 0 Å². The standard InChI is InChI=1S/C17H21N3O/c1-12(2)13-7-5-8-15(10-13)19-11-14-6-3-4-9-16(14)17(18)20-21/h3-10,12,19,21H,11H2,1-2H3,(H2,18,20). The second kappa shape index (κ2) is 6.79. The molecule has 2 aromatic rings. The predicted molar refractivity (Wildman–Crippen MR) is 86.8 cm³/mol. The van der Waals surface area contributed by atoms with Crippen molar-refractivity contribution in [1.82, 2.24) is 0 Å². The highest BCUT2D eigenvalue weighted by molar-refractivity contribution is 5.98. The summed E-state index contributed by atoms with van der Waals surface area (Å²) in [7, 11) is 0. The van der Waals surface area contributed by atoms with Gasteiger partial charge in [0.25, 0.3) is 0 Å². The molecule has 0 saturated heterocycles. The number of nitrogens with one attached hydrogen (secondary N) is 1. The maximum absolute atomic E-state index is 8.84. The van der Waals surface area contributed by atoms with Crippen molar-refractivity contribution in [2.24, 2.45) is 10.9 Å². The summed E-state index contributed by atoms with van der Waals surface area (Å²) < 4.78 is 0. The van der Waals surface area contributed by atoms with Gasteiger partial charge in [0.1, 0.15) is 0 Å². The number of anilines is 1. The van der Waals surface area contributed by atoms with Gasteiger partial charge in [-0.2, -0.15) is 0 Å². The molecule has 0 aliphatic heterocycles. The summed E-state index contributed by atoms with van der Waals surface area (Å²) in [6.07, 6.45) is 0. The fourth-order valence-electron chi connectivity index (χ4n) is 2.18. The predicted octanol–water partition coefficient (Wildman–Crippen LogP) is 3.52. The summed E-state index contributed by atoms with van der Waals surface area (Å²) in [5.74, 6) is 0.625. The molecule has 110 valence electrons. The number of nitrogens with two attached hydrogens (primary N) is 1. The number of oxime groups is 1. The van der Waals surface area contributed by atoms with Crippen LogP contribution in [0.25, 0.3) is 0 Å². The van der Waals surface area contributed by atoms with Crippen LogP contribution in [-0.2, 0) is 6.54 Å². The monoisotopic (exact) mass is 283 g/mol. The summed E-state index contributed by atoms with van der Waals surface area (Å²) in [5.41, 5.74) is 9.79. The topological polar surface area (TPSA) is 70.6 Å². The average Bonchev–Trinajstić information content (AvgIpc) is 2.52. The molecule has 0 bridgehead atoms. The molecule has 4 heteroatoms. The van der Waals surface area contributed by atoms with E-state index in [2.05, 4.69) is 36.5 Å². The molecule has 0 amide bonds. The zero-order chi connectivity index (χ0) is 15.2. The molecule has 0 aliphatic carbocycles. The highest BCUT2D eigenvalue weighted by Crippen LogP contribution is 2.19. The Balaban J connectivity index is 2.15. The van der Waals surface area contributed by atoms with Crippen LogP contribution in [0.4, 0.5) is 5.69 Å². The summed E-state index contributed by atoms with van der Waals surface area (Å²) in [6, 6.07) is 16.0. The second-order valence-corrected chi connectivity index (χ2v) is 5.28. The van der Waals surface area contributed by atoms with Crippen molar-refractivity contribution < 1.29 is 5.21 Å². The molecule has 0 atom stereocenters. The Bertz CT molecular complexity index is 635. The first kappa shape index (κ1) is 14.9. The number of hydrogen-bond acceptors (Lipinski definition) is 3. The van der Waals surface area contributed by atoms with Gasteiger partial charge in [-0.25, -0.2) is 0 Å². The molecule has 0 fully saturated rings. The fraction of sp³-hybridized carbons (Fsp3) is 0.235. The van der Waals surface area contributed by atoms with E-state index in [0.717, 1.165) is 16.8 Å². The van der Waals surface area contributed by atoms with Crippen molar-refractivity contribution in [3.8, 4) is 0 Å². The molecule has 2 rings (SSSR count). The molecule has 0 saturated carbocycles. The van der Waals surface area contributed by atoms with Gasteiger partial charge < -0.3 is 16.3 Å². The third-order valence-electron chi connectivity index (χ3n) is 3.44. The van der Waals surface area contributed by atoms with E-state index in [-0.39, 0.29) is 5.84 Å². The number of amidine groups is 1. The molecule has 0 aromatic heterocycles. The molecule has 0 spiro atoms. The van der Waals surface area contributed by atoms with E-state index >= 15 is 0 Å². The molecule has 21 heavy (non-hydrogen) atoms. The van der Waals surface area contributed by atoms with E-state index in [1.807, 2.05) is 36.4 Å². The molecule has 2 aromatic carbocycles. The highest BCUT2D eigenvalue weighted by Gasteiger charge is 2.06. The van der Waals surface area contributed by atoms with Crippen LogP contribution in [-0.4, -0.2) is 11.0 Å². The molecular weight excluding hydrogens is 262 g/mol. The fourth-order valence-corrected chi connectivity index (χ4v) is 2.18. The maximum Gasteiger partial charge on any atom is 0.170 e. The van der Waals surface area contributed by atoms with E-state index in [1.165, 1.54) is 5.56 Å². The second-order valence-electron chi connectivity index (χ2n) is 5.28. The Morgan fingerprint density at radius 3 is 2.67 bits per heavy atom. The number of rotatable bonds is 5. The first-order chi connectivity index (χ1) is 10.1. The van der Waals surface area contributed by atoms with Crippen LogP contribution in [0.1, 0.15) is 36.5 Å². The summed E-state index contributed by atoms with van der Waals surface area (Å²) in [5, 5.41) is 15.3.